The minimum Gasteiger partial charge on any atom is -0.507 e. The summed E-state index contributed by atoms with van der Waals surface area (Å²) in [7, 11) is 0. The first-order chi connectivity index (χ1) is 10.1. The van der Waals surface area contributed by atoms with Crippen molar-refractivity contribution < 1.29 is 10.0 Å². The molecule has 1 N–H and O–H groups in total. The molecule has 0 aliphatic heterocycles. The quantitative estimate of drug-likeness (QED) is 0.533. The van der Waals surface area contributed by atoms with Crippen LogP contribution in [-0.4, -0.2) is 22.5 Å². The first kappa shape index (κ1) is 14.7. The molecule has 0 saturated carbocycles. The molecule has 0 saturated heterocycles. The van der Waals surface area contributed by atoms with Gasteiger partial charge in [-0.15, -0.1) is 0 Å². The van der Waals surface area contributed by atoms with Crippen molar-refractivity contribution in [1.29, 1.82) is 0 Å². The van der Waals surface area contributed by atoms with Gasteiger partial charge in [0.05, 0.1) is 22.9 Å². The summed E-state index contributed by atoms with van der Waals surface area (Å²) in [6, 6.07) is 10.8. The van der Waals surface area contributed by atoms with Crippen molar-refractivity contribution in [2.45, 2.75) is 0 Å². The fourth-order valence-electron chi connectivity index (χ4n) is 1.58. The van der Waals surface area contributed by atoms with Crippen LogP contribution < -0.4 is 0 Å². The molecule has 0 spiro atoms. The summed E-state index contributed by atoms with van der Waals surface area (Å²) < 4.78 is 0. The maximum Gasteiger partial charge on any atom is 0.278 e. The van der Waals surface area contributed by atoms with Gasteiger partial charge in [0.2, 0.25) is 0 Å². The number of nitro groups is 1. The summed E-state index contributed by atoms with van der Waals surface area (Å²) in [4.78, 5) is 10.3. The Morgan fingerprint density at radius 2 is 1.76 bits per heavy atom. The second-order valence-electron chi connectivity index (χ2n) is 4.01. The lowest BCUT2D eigenvalue weighted by Crippen LogP contribution is -1.94. The highest BCUT2D eigenvalue weighted by atomic mass is 35.5. The van der Waals surface area contributed by atoms with Crippen LogP contribution in [0.15, 0.2) is 52.7 Å². The highest BCUT2D eigenvalue weighted by Crippen LogP contribution is 2.21. The molecule has 106 valence electrons. The van der Waals surface area contributed by atoms with E-state index in [4.69, 9.17) is 11.6 Å². The van der Waals surface area contributed by atoms with Crippen molar-refractivity contribution in [3.05, 3.63) is 68.7 Å². The topological polar surface area (TPSA) is 88.1 Å². The number of benzene rings is 2. The van der Waals surface area contributed by atoms with Crippen LogP contribution in [0.3, 0.4) is 0 Å². The predicted octanol–water partition coefficient (Wildman–Crippen LogP) is 3.41. The molecule has 0 aliphatic rings. The Bertz CT molecular complexity index is 729. The molecule has 2 aromatic carbocycles. The van der Waals surface area contributed by atoms with Crippen LogP contribution in [0.1, 0.15) is 11.1 Å². The van der Waals surface area contributed by atoms with E-state index in [2.05, 4.69) is 10.2 Å². The van der Waals surface area contributed by atoms with E-state index in [0.717, 1.165) is 0 Å². The number of phenolic OH excluding ortho intramolecular Hbond substituents is 1. The molecule has 0 unspecified atom stereocenters. The Morgan fingerprint density at radius 3 is 2.43 bits per heavy atom. The van der Waals surface area contributed by atoms with Crippen molar-refractivity contribution in [2.75, 3.05) is 0 Å². The molecule has 7 heteroatoms. The number of phenols is 1. The third-order valence-corrected chi connectivity index (χ3v) is 2.82. The van der Waals surface area contributed by atoms with Gasteiger partial charge in [0.25, 0.3) is 5.69 Å². The van der Waals surface area contributed by atoms with Gasteiger partial charge in [-0.1, -0.05) is 23.7 Å². The summed E-state index contributed by atoms with van der Waals surface area (Å²) >= 11 is 5.80. The molecule has 0 fully saturated rings. The number of aromatic hydroxyl groups is 1. The van der Waals surface area contributed by atoms with E-state index in [1.54, 1.807) is 18.2 Å². The Kier molecular flexibility index (Phi) is 4.63. The van der Waals surface area contributed by atoms with Gasteiger partial charge in [0.1, 0.15) is 5.75 Å². The molecule has 2 rings (SSSR count). The van der Waals surface area contributed by atoms with Gasteiger partial charge in [0.15, 0.2) is 0 Å². The highest BCUT2D eigenvalue weighted by molar-refractivity contribution is 6.31. The molecule has 0 heterocycles. The molecule has 2 aromatic rings. The molecular weight excluding hydrogens is 294 g/mol. The number of hydrogen-bond acceptors (Lipinski definition) is 5. The Morgan fingerprint density at radius 1 is 1.10 bits per heavy atom. The third kappa shape index (κ3) is 3.87. The van der Waals surface area contributed by atoms with E-state index in [1.807, 2.05) is 0 Å². The van der Waals surface area contributed by atoms with Crippen LogP contribution in [0.25, 0.3) is 0 Å². The number of halogens is 1. The molecule has 0 bridgehead atoms. The lowest BCUT2D eigenvalue weighted by atomic mass is 10.2. The molecule has 0 atom stereocenters. The van der Waals surface area contributed by atoms with Gasteiger partial charge in [-0.05, 0) is 24.3 Å². The standard InChI is InChI=1S/C14H10ClN3O3/c15-12-5-6-13(18(20)21)11(7-12)9-17-16-8-10-3-1-2-4-14(10)19/h1-9,19H/b16-8+,17-9+. The highest BCUT2D eigenvalue weighted by Gasteiger charge is 2.11. The molecule has 0 amide bonds. The summed E-state index contributed by atoms with van der Waals surface area (Å²) in [5, 5.41) is 28.2. The van der Waals surface area contributed by atoms with Crippen molar-refractivity contribution in [3.63, 3.8) is 0 Å². The van der Waals surface area contributed by atoms with E-state index < -0.39 is 4.92 Å². The van der Waals surface area contributed by atoms with E-state index in [0.29, 0.717) is 10.6 Å². The monoisotopic (exact) mass is 303 g/mol. The number of para-hydroxylation sites is 1. The first-order valence-electron chi connectivity index (χ1n) is 5.86. The van der Waals surface area contributed by atoms with Crippen LogP contribution in [0, 0.1) is 10.1 Å². The zero-order valence-corrected chi connectivity index (χ0v) is 11.4. The first-order valence-corrected chi connectivity index (χ1v) is 6.24. The molecular formula is C14H10ClN3O3. The summed E-state index contributed by atoms with van der Waals surface area (Å²) in [6.07, 6.45) is 2.59. The fourth-order valence-corrected chi connectivity index (χ4v) is 1.76. The van der Waals surface area contributed by atoms with Crippen molar-refractivity contribution in [2.24, 2.45) is 10.2 Å². The van der Waals surface area contributed by atoms with E-state index in [1.165, 1.54) is 36.7 Å². The van der Waals surface area contributed by atoms with Gasteiger partial charge in [-0.3, -0.25) is 10.1 Å². The van der Waals surface area contributed by atoms with Crippen LogP contribution in [0.5, 0.6) is 5.75 Å². The minimum absolute atomic E-state index is 0.0742. The Hall–Kier alpha value is -2.73. The Labute approximate surface area is 125 Å². The number of nitro benzene ring substituents is 1. The maximum absolute atomic E-state index is 10.9. The second kappa shape index (κ2) is 6.62. The molecule has 0 aromatic heterocycles. The van der Waals surface area contributed by atoms with Crippen LogP contribution in [0.4, 0.5) is 5.69 Å². The fraction of sp³-hybridized carbons (Fsp3) is 0. The summed E-state index contributed by atoms with van der Waals surface area (Å²) in [5.41, 5.74) is 0.637. The van der Waals surface area contributed by atoms with Gasteiger partial charge >= 0.3 is 0 Å². The van der Waals surface area contributed by atoms with Crippen molar-refractivity contribution >= 4 is 29.7 Å². The Balaban J connectivity index is 2.20. The van der Waals surface area contributed by atoms with Crippen molar-refractivity contribution in [1.82, 2.24) is 0 Å². The zero-order chi connectivity index (χ0) is 15.2. The summed E-state index contributed by atoms with van der Waals surface area (Å²) in [6.45, 7) is 0. The summed E-state index contributed by atoms with van der Waals surface area (Å²) in [5.74, 6) is 0.0742. The van der Waals surface area contributed by atoms with Crippen molar-refractivity contribution in [3.8, 4) is 5.75 Å². The third-order valence-electron chi connectivity index (χ3n) is 2.58. The smallest absolute Gasteiger partial charge is 0.278 e. The van der Waals surface area contributed by atoms with Gasteiger partial charge in [0, 0.05) is 16.7 Å². The van der Waals surface area contributed by atoms with Gasteiger partial charge < -0.3 is 5.11 Å². The maximum atomic E-state index is 10.9. The van der Waals surface area contributed by atoms with Crippen LogP contribution in [-0.2, 0) is 0 Å². The average molecular weight is 304 g/mol. The number of nitrogens with zero attached hydrogens (tertiary/aromatic N) is 3. The number of rotatable bonds is 4. The van der Waals surface area contributed by atoms with E-state index in [-0.39, 0.29) is 17.0 Å². The van der Waals surface area contributed by atoms with Crippen LogP contribution in [0.2, 0.25) is 5.02 Å². The van der Waals surface area contributed by atoms with E-state index >= 15 is 0 Å². The van der Waals surface area contributed by atoms with Gasteiger partial charge in [-0.2, -0.15) is 10.2 Å². The lowest BCUT2D eigenvalue weighted by molar-refractivity contribution is -0.385. The minimum atomic E-state index is -0.523. The zero-order valence-electron chi connectivity index (χ0n) is 10.7. The average Bonchev–Trinajstić information content (AvgIpc) is 2.45. The number of hydrogen-bond donors (Lipinski definition) is 1. The second-order valence-corrected chi connectivity index (χ2v) is 4.44. The van der Waals surface area contributed by atoms with Gasteiger partial charge in [-0.25, -0.2) is 0 Å². The van der Waals surface area contributed by atoms with E-state index in [9.17, 15) is 15.2 Å². The lowest BCUT2D eigenvalue weighted by Gasteiger charge is -1.97. The predicted molar refractivity (Wildman–Crippen MR) is 81.4 cm³/mol. The normalized spacial score (nSPS) is 11.3. The molecule has 21 heavy (non-hydrogen) atoms. The largest absolute Gasteiger partial charge is 0.507 e. The molecule has 0 aliphatic carbocycles. The van der Waals surface area contributed by atoms with Crippen LogP contribution >= 0.6 is 11.6 Å². The molecule has 0 radical (unpaired) electrons. The molecule has 6 nitrogen and oxygen atoms in total. The SMILES string of the molecule is O=[N+]([O-])c1ccc(Cl)cc1/C=N/N=C/c1ccccc1O.